The number of para-hydroxylation sites is 1. The van der Waals surface area contributed by atoms with E-state index in [4.69, 9.17) is 23.2 Å². The van der Waals surface area contributed by atoms with Crippen LogP contribution in [-0.2, 0) is 10.0 Å². The minimum atomic E-state index is -3.33. The summed E-state index contributed by atoms with van der Waals surface area (Å²) in [6.07, 6.45) is 1.16. The monoisotopic (exact) mass is 508 g/mol. The summed E-state index contributed by atoms with van der Waals surface area (Å²) in [5, 5.41) is 7.94. The number of fused-ring (bicyclic) bond motifs is 1. The van der Waals surface area contributed by atoms with Gasteiger partial charge in [-0.2, -0.15) is 0 Å². The molecule has 0 aliphatic heterocycles. The van der Waals surface area contributed by atoms with Crippen LogP contribution in [0.5, 0.6) is 0 Å². The molecule has 2 heterocycles. The average molecular weight is 509 g/mol. The van der Waals surface area contributed by atoms with Crippen molar-refractivity contribution in [1.82, 2.24) is 15.0 Å². The van der Waals surface area contributed by atoms with Crippen molar-refractivity contribution in [2.45, 2.75) is 6.92 Å². The van der Waals surface area contributed by atoms with Crippen LogP contribution in [0.15, 0.2) is 42.5 Å². The van der Waals surface area contributed by atoms with Crippen LogP contribution in [0.2, 0.25) is 10.0 Å². The normalized spacial score (nSPS) is 11.5. The molecule has 4 rings (SSSR count). The molecule has 0 fully saturated rings. The smallest absolute Gasteiger partial charge is 0.231 e. The number of nitrogens with one attached hydrogen (secondary N) is 2. The Bertz CT molecular complexity index is 1390. The van der Waals surface area contributed by atoms with E-state index in [0.717, 1.165) is 11.9 Å². The number of sulfonamides is 1. The minimum Gasteiger partial charge on any atom is -0.338 e. The van der Waals surface area contributed by atoms with Crippen LogP contribution >= 0.6 is 34.5 Å². The molecule has 8 nitrogen and oxygen atoms in total. The first kappa shape index (κ1) is 22.5. The Morgan fingerprint density at radius 3 is 2.25 bits per heavy atom. The van der Waals surface area contributed by atoms with Crippen LogP contribution in [0.3, 0.4) is 0 Å². The number of nitrogens with zero attached hydrogens (tertiary/aromatic N) is 4. The Hall–Kier alpha value is -2.66. The lowest BCUT2D eigenvalue weighted by molar-refractivity contribution is 0.600. The van der Waals surface area contributed by atoms with Gasteiger partial charge in [-0.15, -0.1) is 0 Å². The Morgan fingerprint density at radius 1 is 0.969 bits per heavy atom. The van der Waals surface area contributed by atoms with Crippen molar-refractivity contribution in [3.8, 4) is 0 Å². The molecule has 0 atom stereocenters. The lowest BCUT2D eigenvalue weighted by Gasteiger charge is -2.17. The second-order valence-electron chi connectivity index (χ2n) is 6.92. The van der Waals surface area contributed by atoms with E-state index in [2.05, 4.69) is 25.6 Å². The quantitative estimate of drug-likeness (QED) is 0.350. The first-order valence-corrected chi connectivity index (χ1v) is 12.7. The summed E-state index contributed by atoms with van der Waals surface area (Å²) < 4.78 is 24.7. The van der Waals surface area contributed by atoms with Gasteiger partial charge in [-0.1, -0.05) is 40.6 Å². The third-order valence-electron chi connectivity index (χ3n) is 4.56. The maximum atomic E-state index is 11.7. The SMILES string of the molecule is Cc1nc(Nc2ccc(N(C)S(C)(=O)=O)cc2)c2nc(Nc3c(Cl)cccc3Cl)sc2n1. The fourth-order valence-electron chi connectivity index (χ4n) is 2.88. The number of halogens is 2. The Labute approximate surface area is 199 Å². The molecule has 0 saturated heterocycles. The van der Waals surface area contributed by atoms with E-state index >= 15 is 0 Å². The molecule has 0 radical (unpaired) electrons. The van der Waals surface area contributed by atoms with Gasteiger partial charge in [0.05, 0.1) is 27.7 Å². The molecular weight excluding hydrogens is 491 g/mol. The summed E-state index contributed by atoms with van der Waals surface area (Å²) >= 11 is 13.9. The molecule has 0 saturated carbocycles. The zero-order valence-corrected chi connectivity index (χ0v) is 20.4. The largest absolute Gasteiger partial charge is 0.338 e. The summed E-state index contributed by atoms with van der Waals surface area (Å²) in [7, 11) is -1.83. The molecule has 0 unspecified atom stereocenters. The van der Waals surface area contributed by atoms with Crippen LogP contribution in [0.25, 0.3) is 10.3 Å². The van der Waals surface area contributed by atoms with Crippen molar-refractivity contribution >= 4 is 82.9 Å². The molecule has 2 aromatic heterocycles. The van der Waals surface area contributed by atoms with E-state index in [-0.39, 0.29) is 0 Å². The first-order valence-electron chi connectivity index (χ1n) is 9.29. The molecule has 32 heavy (non-hydrogen) atoms. The van der Waals surface area contributed by atoms with E-state index in [1.165, 1.54) is 22.7 Å². The van der Waals surface area contributed by atoms with Gasteiger partial charge in [-0.05, 0) is 43.3 Å². The van der Waals surface area contributed by atoms with Gasteiger partial charge < -0.3 is 10.6 Å². The standard InChI is InChI=1S/C20H18Cl2N6O2S2/c1-11-23-18(25-12-7-9-13(10-8-12)28(2)32(3,29)30)17-19(24-11)31-20(27-17)26-16-14(21)5-4-6-15(16)22/h4-10H,1-3H3,(H,26,27)(H,23,24,25). The third kappa shape index (κ3) is 4.73. The van der Waals surface area contributed by atoms with Gasteiger partial charge in [0.15, 0.2) is 15.8 Å². The molecule has 166 valence electrons. The molecule has 0 spiro atoms. The highest BCUT2D eigenvalue weighted by molar-refractivity contribution is 7.92. The maximum Gasteiger partial charge on any atom is 0.231 e. The molecule has 0 aliphatic rings. The molecule has 2 aromatic carbocycles. The molecule has 0 bridgehead atoms. The van der Waals surface area contributed by atoms with Crippen molar-refractivity contribution in [1.29, 1.82) is 0 Å². The van der Waals surface area contributed by atoms with E-state index in [1.807, 2.05) is 0 Å². The minimum absolute atomic E-state index is 0.483. The molecule has 12 heteroatoms. The third-order valence-corrected chi connectivity index (χ3v) is 7.26. The van der Waals surface area contributed by atoms with Crippen LogP contribution in [0.1, 0.15) is 5.82 Å². The predicted octanol–water partition coefficient (Wildman–Crippen LogP) is 5.58. The predicted molar refractivity (Wildman–Crippen MR) is 133 cm³/mol. The number of thiazole rings is 1. The summed E-state index contributed by atoms with van der Waals surface area (Å²) in [4.78, 5) is 14.3. The number of anilines is 5. The van der Waals surface area contributed by atoms with E-state index in [0.29, 0.717) is 48.5 Å². The van der Waals surface area contributed by atoms with E-state index in [9.17, 15) is 8.42 Å². The average Bonchev–Trinajstić information content (AvgIpc) is 3.13. The highest BCUT2D eigenvalue weighted by atomic mass is 35.5. The maximum absolute atomic E-state index is 11.7. The summed E-state index contributed by atoms with van der Waals surface area (Å²) in [5.41, 5.74) is 2.44. The van der Waals surface area contributed by atoms with Crippen molar-refractivity contribution < 1.29 is 8.42 Å². The lowest BCUT2D eigenvalue weighted by atomic mass is 10.3. The van der Waals surface area contributed by atoms with E-state index < -0.39 is 10.0 Å². The topological polar surface area (TPSA) is 100 Å². The van der Waals surface area contributed by atoms with Crippen molar-refractivity contribution in [3.63, 3.8) is 0 Å². The number of aryl methyl sites for hydroxylation is 1. The Balaban J connectivity index is 1.65. The number of benzene rings is 2. The second kappa shape index (κ2) is 8.70. The Kier molecular flexibility index (Phi) is 6.13. The molecule has 0 amide bonds. The van der Waals surface area contributed by atoms with Gasteiger partial charge >= 0.3 is 0 Å². The highest BCUT2D eigenvalue weighted by Crippen LogP contribution is 2.36. The van der Waals surface area contributed by atoms with Gasteiger partial charge in [0.2, 0.25) is 10.0 Å². The van der Waals surface area contributed by atoms with Crippen LogP contribution in [0, 0.1) is 6.92 Å². The first-order chi connectivity index (χ1) is 15.1. The number of aromatic nitrogens is 3. The Morgan fingerprint density at radius 2 is 1.62 bits per heavy atom. The van der Waals surface area contributed by atoms with Gasteiger partial charge in [0.1, 0.15) is 11.3 Å². The summed E-state index contributed by atoms with van der Waals surface area (Å²) in [5.74, 6) is 1.12. The molecule has 0 aliphatic carbocycles. The van der Waals surface area contributed by atoms with Crippen molar-refractivity contribution in [2.24, 2.45) is 0 Å². The van der Waals surface area contributed by atoms with Crippen molar-refractivity contribution in [3.05, 3.63) is 58.3 Å². The summed E-state index contributed by atoms with van der Waals surface area (Å²) in [6.45, 7) is 1.80. The van der Waals surface area contributed by atoms with Gasteiger partial charge in [0, 0.05) is 12.7 Å². The van der Waals surface area contributed by atoms with Gasteiger partial charge in [0.25, 0.3) is 0 Å². The highest BCUT2D eigenvalue weighted by Gasteiger charge is 2.16. The fraction of sp³-hybridized carbons (Fsp3) is 0.150. The van der Waals surface area contributed by atoms with E-state index in [1.54, 1.807) is 49.4 Å². The van der Waals surface area contributed by atoms with Crippen LogP contribution in [-0.4, -0.2) is 36.7 Å². The molecule has 2 N–H and O–H groups in total. The van der Waals surface area contributed by atoms with Crippen LogP contribution < -0.4 is 14.9 Å². The molecule has 4 aromatic rings. The zero-order chi connectivity index (χ0) is 23.0. The van der Waals surface area contributed by atoms with Crippen molar-refractivity contribution in [2.75, 3.05) is 28.2 Å². The number of hydrogen-bond acceptors (Lipinski definition) is 8. The fourth-order valence-corrected chi connectivity index (χ4v) is 4.76. The van der Waals surface area contributed by atoms with Gasteiger partial charge in [-0.3, -0.25) is 4.31 Å². The molecular formula is C20H18Cl2N6O2S2. The lowest BCUT2D eigenvalue weighted by Crippen LogP contribution is -2.24. The zero-order valence-electron chi connectivity index (χ0n) is 17.2. The number of hydrogen-bond donors (Lipinski definition) is 2. The second-order valence-corrected chi connectivity index (χ2v) is 10.7. The van der Waals surface area contributed by atoms with Crippen LogP contribution in [0.4, 0.5) is 28.0 Å². The van der Waals surface area contributed by atoms with Gasteiger partial charge in [-0.25, -0.2) is 23.4 Å². The summed E-state index contributed by atoms with van der Waals surface area (Å²) in [6, 6.07) is 12.2. The number of rotatable bonds is 6.